The fourth-order valence-corrected chi connectivity index (χ4v) is 7.27. The molecule has 0 spiro atoms. The van der Waals surface area contributed by atoms with Crippen molar-refractivity contribution in [3.63, 3.8) is 0 Å². The van der Waals surface area contributed by atoms with E-state index >= 15 is 0 Å². The van der Waals surface area contributed by atoms with Gasteiger partial charge in [-0.1, -0.05) is 109 Å². The Kier molecular flexibility index (Phi) is 5.25. The molecule has 4 heteroatoms. The Morgan fingerprint density at radius 2 is 0.848 bits per heavy atom. The fourth-order valence-electron chi connectivity index (χ4n) is 7.27. The Hall–Kier alpha value is -6.26. The molecule has 212 valence electrons. The van der Waals surface area contributed by atoms with Crippen LogP contribution in [0, 0.1) is 0 Å². The van der Waals surface area contributed by atoms with E-state index in [0.717, 1.165) is 22.4 Å². The van der Waals surface area contributed by atoms with Crippen molar-refractivity contribution in [2.24, 2.45) is 0 Å². The lowest BCUT2D eigenvalue weighted by atomic mass is 9.87. The van der Waals surface area contributed by atoms with E-state index in [-0.39, 0.29) is 0 Å². The van der Waals surface area contributed by atoms with Crippen LogP contribution in [0.1, 0.15) is 0 Å². The predicted molar refractivity (Wildman–Crippen MR) is 190 cm³/mol. The number of rotatable bonds is 3. The molecule has 10 aromatic rings. The first-order valence-corrected chi connectivity index (χ1v) is 15.5. The highest BCUT2D eigenvalue weighted by Crippen LogP contribution is 2.44. The van der Waals surface area contributed by atoms with Crippen LogP contribution >= 0.6 is 0 Å². The van der Waals surface area contributed by atoms with E-state index < -0.39 is 0 Å². The Balaban J connectivity index is 1.21. The van der Waals surface area contributed by atoms with Gasteiger partial charge in [0.1, 0.15) is 5.69 Å². The van der Waals surface area contributed by atoms with Gasteiger partial charge in [-0.2, -0.15) is 0 Å². The lowest BCUT2D eigenvalue weighted by Gasteiger charge is -2.17. The maximum absolute atomic E-state index is 4.74. The van der Waals surface area contributed by atoms with Gasteiger partial charge in [0.2, 0.25) is 0 Å². The minimum atomic E-state index is 0.551. The summed E-state index contributed by atoms with van der Waals surface area (Å²) >= 11 is 0. The Morgan fingerprint density at radius 1 is 0.326 bits per heavy atom. The molecule has 0 aliphatic carbocycles. The lowest BCUT2D eigenvalue weighted by Crippen LogP contribution is -1.95. The van der Waals surface area contributed by atoms with Crippen LogP contribution in [0.3, 0.4) is 0 Å². The summed E-state index contributed by atoms with van der Waals surface area (Å²) in [6, 6.07) is 47.6. The third kappa shape index (κ3) is 3.67. The molecule has 2 heterocycles. The summed E-state index contributed by atoms with van der Waals surface area (Å²) in [4.78, 5) is 9.49. The molecule has 8 aromatic carbocycles. The quantitative estimate of drug-likeness (QED) is 0.194. The minimum Gasteiger partial charge on any atom is -0.235 e. The van der Waals surface area contributed by atoms with E-state index in [1.807, 2.05) is 54.9 Å². The second kappa shape index (κ2) is 9.62. The second-order valence-corrected chi connectivity index (χ2v) is 11.9. The van der Waals surface area contributed by atoms with Crippen LogP contribution in [0.15, 0.2) is 146 Å². The number of nitrogens with zero attached hydrogens (tertiary/aromatic N) is 4. The van der Waals surface area contributed by atoms with Crippen molar-refractivity contribution in [2.45, 2.75) is 0 Å². The van der Waals surface area contributed by atoms with Gasteiger partial charge in [-0.3, -0.25) is 0 Å². The zero-order valence-corrected chi connectivity index (χ0v) is 24.6. The molecular weight excluding hydrogens is 560 g/mol. The molecule has 0 radical (unpaired) electrons. The fraction of sp³-hybridized carbons (Fsp3) is 0. The average Bonchev–Trinajstić information content (AvgIpc) is 3.13. The lowest BCUT2D eigenvalue weighted by molar-refractivity contribution is 1.02. The maximum Gasteiger partial charge on any atom is 0.180 e. The summed E-state index contributed by atoms with van der Waals surface area (Å²) in [5, 5.41) is 24.0. The van der Waals surface area contributed by atoms with Crippen molar-refractivity contribution in [3.05, 3.63) is 146 Å². The molecule has 0 aliphatic rings. The molecule has 46 heavy (non-hydrogen) atoms. The molecule has 0 amide bonds. The zero-order chi connectivity index (χ0) is 30.2. The van der Waals surface area contributed by atoms with E-state index in [2.05, 4.69) is 101 Å². The highest BCUT2D eigenvalue weighted by atomic mass is 15.1. The van der Waals surface area contributed by atoms with Gasteiger partial charge in [0.25, 0.3) is 0 Å². The van der Waals surface area contributed by atoms with Crippen molar-refractivity contribution < 1.29 is 0 Å². The van der Waals surface area contributed by atoms with E-state index in [1.54, 1.807) is 0 Å². The Morgan fingerprint density at radius 3 is 1.43 bits per heavy atom. The molecule has 0 atom stereocenters. The monoisotopic (exact) mass is 584 g/mol. The number of benzene rings is 7. The molecule has 0 bridgehead atoms. The van der Waals surface area contributed by atoms with E-state index in [4.69, 9.17) is 9.97 Å². The van der Waals surface area contributed by atoms with Crippen LogP contribution in [0.2, 0.25) is 0 Å². The third-order valence-electron chi connectivity index (χ3n) is 9.37. The first-order valence-electron chi connectivity index (χ1n) is 15.5. The number of hydrogen-bond donors (Lipinski definition) is 0. The largest absolute Gasteiger partial charge is 0.235 e. The van der Waals surface area contributed by atoms with Gasteiger partial charge in [-0.25, -0.2) is 9.97 Å². The van der Waals surface area contributed by atoms with Crippen molar-refractivity contribution in [3.8, 4) is 33.9 Å². The van der Waals surface area contributed by atoms with Crippen molar-refractivity contribution >= 4 is 64.6 Å². The molecule has 0 saturated carbocycles. The van der Waals surface area contributed by atoms with Crippen LogP contribution in [0.4, 0.5) is 0 Å². The minimum absolute atomic E-state index is 0.551. The molecule has 2 aromatic heterocycles. The third-order valence-corrected chi connectivity index (χ3v) is 9.37. The summed E-state index contributed by atoms with van der Waals surface area (Å²) in [6.45, 7) is 0. The van der Waals surface area contributed by atoms with E-state index in [1.165, 1.54) is 64.6 Å². The van der Waals surface area contributed by atoms with Gasteiger partial charge in [-0.05, 0) is 94.5 Å². The van der Waals surface area contributed by atoms with Gasteiger partial charge in [0, 0.05) is 23.5 Å². The van der Waals surface area contributed by atoms with Gasteiger partial charge >= 0.3 is 0 Å². The molecule has 0 N–H and O–H groups in total. The topological polar surface area (TPSA) is 51.6 Å². The molecule has 0 saturated heterocycles. The van der Waals surface area contributed by atoms with Gasteiger partial charge in [0.05, 0.1) is 5.69 Å². The molecule has 0 unspecified atom stereocenters. The molecule has 0 aliphatic heterocycles. The smallest absolute Gasteiger partial charge is 0.180 e. The van der Waals surface area contributed by atoms with Crippen molar-refractivity contribution in [1.29, 1.82) is 0 Å². The first-order chi connectivity index (χ1) is 22.8. The summed E-state index contributed by atoms with van der Waals surface area (Å²) < 4.78 is 0. The second-order valence-electron chi connectivity index (χ2n) is 11.9. The van der Waals surface area contributed by atoms with Crippen molar-refractivity contribution in [2.75, 3.05) is 0 Å². The maximum atomic E-state index is 4.74. The SMILES string of the molecule is c1ccc(-c2ccc(-c3ncc(-c4cc5ccc6cccc7c8cccc9ccc%10cccc(c(c4)c5c67)c%10c98)cn3)nn2)cc1. The Bertz CT molecular complexity index is 2760. The summed E-state index contributed by atoms with van der Waals surface area (Å²) in [5.74, 6) is 0.551. The number of aromatic nitrogens is 4. The summed E-state index contributed by atoms with van der Waals surface area (Å²) in [7, 11) is 0. The van der Waals surface area contributed by atoms with Gasteiger partial charge < -0.3 is 0 Å². The van der Waals surface area contributed by atoms with E-state index in [0.29, 0.717) is 11.5 Å². The van der Waals surface area contributed by atoms with Gasteiger partial charge in [-0.15, -0.1) is 10.2 Å². The van der Waals surface area contributed by atoms with Gasteiger partial charge in [0.15, 0.2) is 5.82 Å². The van der Waals surface area contributed by atoms with E-state index in [9.17, 15) is 0 Å². The Labute approximate surface area is 264 Å². The molecule has 4 nitrogen and oxygen atoms in total. The summed E-state index contributed by atoms with van der Waals surface area (Å²) in [6.07, 6.45) is 3.80. The molecule has 0 fully saturated rings. The normalized spacial score (nSPS) is 11.9. The molecule has 10 rings (SSSR count). The van der Waals surface area contributed by atoms with Crippen LogP contribution in [-0.4, -0.2) is 20.2 Å². The highest BCUT2D eigenvalue weighted by molar-refractivity contribution is 6.37. The zero-order valence-electron chi connectivity index (χ0n) is 24.6. The standard InChI is InChI=1S/C42H24N4/c1-2-7-25(8-3-1)36-19-20-37(46-45-36)42-43-23-31(24-44-42)30-21-29-18-17-28-10-5-13-33-32-12-4-9-26-15-16-27-11-6-14-34(40(27)38(26)32)35(22-30)41(29)39(28)33/h1-24H. The first kappa shape index (κ1) is 25.1. The van der Waals surface area contributed by atoms with Crippen LogP contribution in [0.25, 0.3) is 98.5 Å². The predicted octanol–water partition coefficient (Wildman–Crippen LogP) is 10.6. The van der Waals surface area contributed by atoms with Crippen molar-refractivity contribution in [1.82, 2.24) is 20.2 Å². The highest BCUT2D eigenvalue weighted by Gasteiger charge is 2.16. The van der Waals surface area contributed by atoms with Crippen LogP contribution in [0.5, 0.6) is 0 Å². The van der Waals surface area contributed by atoms with Crippen LogP contribution < -0.4 is 0 Å². The molecular formula is C42H24N4. The number of hydrogen-bond acceptors (Lipinski definition) is 4. The summed E-state index contributed by atoms with van der Waals surface area (Å²) in [5.41, 5.74) is 4.53. The van der Waals surface area contributed by atoms with Crippen LogP contribution in [-0.2, 0) is 0 Å². The average molecular weight is 585 g/mol. The number of fused-ring (bicyclic) bond motifs is 2.